The summed E-state index contributed by atoms with van der Waals surface area (Å²) in [7, 11) is 1.64. The lowest BCUT2D eigenvalue weighted by Gasteiger charge is -2.24. The second kappa shape index (κ2) is 6.86. The van der Waals surface area contributed by atoms with E-state index in [9.17, 15) is 5.11 Å². The summed E-state index contributed by atoms with van der Waals surface area (Å²) >= 11 is 0. The predicted octanol–water partition coefficient (Wildman–Crippen LogP) is 1.74. The van der Waals surface area contributed by atoms with Gasteiger partial charge in [0.15, 0.2) is 0 Å². The maximum absolute atomic E-state index is 9.77. The van der Waals surface area contributed by atoms with Crippen molar-refractivity contribution in [3.8, 4) is 5.75 Å². The molecule has 0 heterocycles. The van der Waals surface area contributed by atoms with Crippen molar-refractivity contribution in [1.82, 2.24) is 0 Å². The van der Waals surface area contributed by atoms with Gasteiger partial charge in [0.1, 0.15) is 5.75 Å². The lowest BCUT2D eigenvalue weighted by molar-refractivity contribution is 0.0948. The number of ether oxygens (including phenoxy) is 1. The summed E-state index contributed by atoms with van der Waals surface area (Å²) in [5, 5.41) is 18.9. The standard InChI is InChI=1S/C16H23NO3/c1-3-17-15-6-4-5-12-13(15)7-8-16(20-2)14(12)9-11(19)10-18/h7-8,11,18-19H,3-6,9-10H2,1-2H3/b17-15-. The summed E-state index contributed by atoms with van der Waals surface area (Å²) < 4.78 is 5.42. The third-order valence-corrected chi connectivity index (χ3v) is 3.76. The minimum atomic E-state index is -0.746. The van der Waals surface area contributed by atoms with Crippen molar-refractivity contribution < 1.29 is 14.9 Å². The molecular formula is C16H23NO3. The molecule has 0 radical (unpaired) electrons. The third kappa shape index (κ3) is 3.02. The second-order valence-electron chi connectivity index (χ2n) is 5.09. The average Bonchev–Trinajstić information content (AvgIpc) is 2.48. The number of methoxy groups -OCH3 is 1. The van der Waals surface area contributed by atoms with Gasteiger partial charge in [0.2, 0.25) is 0 Å². The SMILES string of the molecule is CC/N=C1/CCCc2c1ccc(OC)c2CC(O)CO. The molecule has 110 valence electrons. The van der Waals surface area contributed by atoms with E-state index in [1.807, 2.05) is 13.0 Å². The highest BCUT2D eigenvalue weighted by atomic mass is 16.5. The molecule has 0 saturated carbocycles. The minimum absolute atomic E-state index is 0.233. The Kier molecular flexibility index (Phi) is 5.15. The Bertz CT molecular complexity index is 497. The number of hydrogen-bond donors (Lipinski definition) is 2. The van der Waals surface area contributed by atoms with Gasteiger partial charge in [0.05, 0.1) is 19.8 Å². The number of hydrogen-bond acceptors (Lipinski definition) is 4. The van der Waals surface area contributed by atoms with Crippen LogP contribution in [0.1, 0.15) is 36.5 Å². The van der Waals surface area contributed by atoms with E-state index in [4.69, 9.17) is 9.84 Å². The molecule has 0 spiro atoms. The number of benzene rings is 1. The zero-order valence-corrected chi connectivity index (χ0v) is 12.2. The Morgan fingerprint density at radius 1 is 1.35 bits per heavy atom. The number of nitrogens with zero attached hydrogens (tertiary/aromatic N) is 1. The molecule has 0 amide bonds. The van der Waals surface area contributed by atoms with Gasteiger partial charge in [-0.1, -0.05) is 0 Å². The van der Waals surface area contributed by atoms with Crippen molar-refractivity contribution in [3.05, 3.63) is 28.8 Å². The van der Waals surface area contributed by atoms with Crippen LogP contribution >= 0.6 is 0 Å². The summed E-state index contributed by atoms with van der Waals surface area (Å²) in [5.41, 5.74) is 4.56. The Labute approximate surface area is 120 Å². The lowest BCUT2D eigenvalue weighted by atomic mass is 9.84. The van der Waals surface area contributed by atoms with Crippen LogP contribution in [0.3, 0.4) is 0 Å². The highest BCUT2D eigenvalue weighted by Crippen LogP contribution is 2.32. The topological polar surface area (TPSA) is 62.0 Å². The number of aliphatic hydroxyl groups is 2. The van der Waals surface area contributed by atoms with Crippen LogP contribution in [0.5, 0.6) is 5.75 Å². The van der Waals surface area contributed by atoms with Gasteiger partial charge < -0.3 is 14.9 Å². The zero-order valence-electron chi connectivity index (χ0n) is 12.2. The van der Waals surface area contributed by atoms with Crippen LogP contribution in [0, 0.1) is 0 Å². The number of aliphatic hydroxyl groups excluding tert-OH is 2. The molecule has 4 nitrogen and oxygen atoms in total. The van der Waals surface area contributed by atoms with Crippen LogP contribution in [0.4, 0.5) is 0 Å². The first-order chi connectivity index (χ1) is 9.71. The van der Waals surface area contributed by atoms with Gasteiger partial charge in [-0.3, -0.25) is 4.99 Å². The molecule has 0 bridgehead atoms. The molecule has 2 N–H and O–H groups in total. The van der Waals surface area contributed by atoms with Gasteiger partial charge in [-0.15, -0.1) is 0 Å². The maximum atomic E-state index is 9.77. The molecule has 20 heavy (non-hydrogen) atoms. The summed E-state index contributed by atoms with van der Waals surface area (Å²) in [6.45, 7) is 2.60. The Balaban J connectivity index is 2.48. The van der Waals surface area contributed by atoms with Gasteiger partial charge in [-0.2, -0.15) is 0 Å². The van der Waals surface area contributed by atoms with Crippen LogP contribution < -0.4 is 4.74 Å². The molecule has 1 aliphatic carbocycles. The molecule has 4 heteroatoms. The van der Waals surface area contributed by atoms with E-state index < -0.39 is 6.10 Å². The molecule has 1 unspecified atom stereocenters. The van der Waals surface area contributed by atoms with E-state index in [-0.39, 0.29) is 6.61 Å². The summed E-state index contributed by atoms with van der Waals surface area (Å²) in [6.07, 6.45) is 2.73. The van der Waals surface area contributed by atoms with Gasteiger partial charge in [0, 0.05) is 24.2 Å². The molecule has 1 aliphatic rings. The van der Waals surface area contributed by atoms with Crippen molar-refractivity contribution in [2.24, 2.45) is 4.99 Å². The molecule has 0 aliphatic heterocycles. The molecule has 0 aromatic heterocycles. The largest absolute Gasteiger partial charge is 0.496 e. The van der Waals surface area contributed by atoms with Gasteiger partial charge in [-0.25, -0.2) is 0 Å². The highest BCUT2D eigenvalue weighted by Gasteiger charge is 2.22. The first kappa shape index (κ1) is 15.0. The van der Waals surface area contributed by atoms with Gasteiger partial charge in [0.25, 0.3) is 0 Å². The smallest absolute Gasteiger partial charge is 0.122 e. The van der Waals surface area contributed by atoms with Crippen LogP contribution in [-0.2, 0) is 12.8 Å². The quantitative estimate of drug-likeness (QED) is 0.861. The Morgan fingerprint density at radius 2 is 2.15 bits per heavy atom. The highest BCUT2D eigenvalue weighted by molar-refractivity contribution is 6.03. The summed E-state index contributed by atoms with van der Waals surface area (Å²) in [5.74, 6) is 0.786. The first-order valence-corrected chi connectivity index (χ1v) is 7.22. The normalized spacial score (nSPS) is 17.9. The summed E-state index contributed by atoms with van der Waals surface area (Å²) in [4.78, 5) is 4.58. The molecule has 0 fully saturated rings. The van der Waals surface area contributed by atoms with E-state index in [0.717, 1.165) is 42.8 Å². The van der Waals surface area contributed by atoms with E-state index in [1.54, 1.807) is 7.11 Å². The Morgan fingerprint density at radius 3 is 2.80 bits per heavy atom. The molecule has 1 aromatic rings. The molecule has 1 aromatic carbocycles. The van der Waals surface area contributed by atoms with Crippen LogP contribution in [0.2, 0.25) is 0 Å². The Hall–Kier alpha value is -1.39. The minimum Gasteiger partial charge on any atom is -0.496 e. The summed E-state index contributed by atoms with van der Waals surface area (Å²) in [6, 6.07) is 4.01. The van der Waals surface area contributed by atoms with Gasteiger partial charge in [-0.05, 0) is 49.4 Å². The van der Waals surface area contributed by atoms with Crippen molar-refractivity contribution >= 4 is 5.71 Å². The molecule has 1 atom stereocenters. The first-order valence-electron chi connectivity index (χ1n) is 7.22. The third-order valence-electron chi connectivity index (χ3n) is 3.76. The average molecular weight is 277 g/mol. The van der Waals surface area contributed by atoms with E-state index in [2.05, 4.69) is 11.1 Å². The predicted molar refractivity (Wildman–Crippen MR) is 79.8 cm³/mol. The van der Waals surface area contributed by atoms with Crippen molar-refractivity contribution in [2.45, 2.75) is 38.7 Å². The molecular weight excluding hydrogens is 254 g/mol. The number of aliphatic imine (C=N–C) groups is 1. The van der Waals surface area contributed by atoms with Crippen LogP contribution in [0.25, 0.3) is 0 Å². The fourth-order valence-corrected chi connectivity index (χ4v) is 2.86. The van der Waals surface area contributed by atoms with Crippen molar-refractivity contribution in [1.29, 1.82) is 0 Å². The molecule has 0 saturated heterocycles. The monoisotopic (exact) mass is 277 g/mol. The van der Waals surface area contributed by atoms with Crippen LogP contribution in [0.15, 0.2) is 17.1 Å². The van der Waals surface area contributed by atoms with Crippen molar-refractivity contribution in [2.75, 3.05) is 20.3 Å². The molecule has 2 rings (SSSR count). The van der Waals surface area contributed by atoms with E-state index in [1.165, 1.54) is 11.1 Å². The second-order valence-corrected chi connectivity index (χ2v) is 5.09. The van der Waals surface area contributed by atoms with E-state index >= 15 is 0 Å². The fraction of sp³-hybridized carbons (Fsp3) is 0.562. The van der Waals surface area contributed by atoms with Gasteiger partial charge >= 0.3 is 0 Å². The van der Waals surface area contributed by atoms with Crippen LogP contribution in [-0.4, -0.2) is 42.3 Å². The lowest BCUT2D eigenvalue weighted by Crippen LogP contribution is -2.20. The van der Waals surface area contributed by atoms with E-state index in [0.29, 0.717) is 6.42 Å². The number of rotatable bonds is 5. The zero-order chi connectivity index (χ0) is 14.5. The fourth-order valence-electron chi connectivity index (χ4n) is 2.86. The maximum Gasteiger partial charge on any atom is 0.122 e. The van der Waals surface area contributed by atoms with Crippen molar-refractivity contribution in [3.63, 3.8) is 0 Å². The number of fused-ring (bicyclic) bond motifs is 1.